The van der Waals surface area contributed by atoms with Gasteiger partial charge in [0.1, 0.15) is 11.1 Å². The highest BCUT2D eigenvalue weighted by Gasteiger charge is 2.21. The van der Waals surface area contributed by atoms with Crippen molar-refractivity contribution in [3.8, 4) is 39.1 Å². The highest BCUT2D eigenvalue weighted by molar-refractivity contribution is 7.26. The molecule has 0 atom stereocenters. The van der Waals surface area contributed by atoms with Crippen molar-refractivity contribution in [1.82, 2.24) is 4.57 Å². The quantitative estimate of drug-likeness (QED) is 0.192. The Morgan fingerprint density at radius 1 is 0.447 bits per heavy atom. The molecule has 0 unspecified atom stereocenters. The smallest absolute Gasteiger partial charge is 0.161 e. The molecule has 3 aromatic heterocycles. The van der Waals surface area contributed by atoms with E-state index < -0.39 is 0 Å². The van der Waals surface area contributed by atoms with E-state index in [0.717, 1.165) is 49.8 Å². The molecular formula is C44H27NOS. The fourth-order valence-electron chi connectivity index (χ4n) is 7.35. The number of rotatable bonds is 4. The molecule has 0 amide bonds. The first-order chi connectivity index (χ1) is 23.3. The van der Waals surface area contributed by atoms with E-state index in [0.29, 0.717) is 0 Å². The number of benzene rings is 7. The summed E-state index contributed by atoms with van der Waals surface area (Å²) in [5.41, 5.74) is 12.4. The van der Waals surface area contributed by atoms with Gasteiger partial charge in [-0.05, 0) is 70.3 Å². The Hall–Kier alpha value is -5.90. The van der Waals surface area contributed by atoms with Crippen molar-refractivity contribution in [3.05, 3.63) is 164 Å². The van der Waals surface area contributed by atoms with Crippen LogP contribution in [0.15, 0.2) is 168 Å². The fraction of sp³-hybridized carbons (Fsp3) is 0. The monoisotopic (exact) mass is 617 g/mol. The summed E-state index contributed by atoms with van der Waals surface area (Å²) >= 11 is 1.88. The summed E-state index contributed by atoms with van der Waals surface area (Å²) in [6, 6.07) is 58.7. The standard InChI is InChI=1S/C44H27NOS/c1-3-13-28(14-4-1)34-22-11-23-36-40-32(20-12-26-39(40)47-44(34)36)29-15-9-16-30(27-29)33-21-10-24-37-41-43(46-42(33)37)35-19-7-8-25-38(35)45(41)31-17-5-2-6-18-31/h1-27H. The molecule has 47 heavy (non-hydrogen) atoms. The molecule has 220 valence electrons. The lowest BCUT2D eigenvalue weighted by atomic mass is 9.94. The molecule has 0 saturated heterocycles. The van der Waals surface area contributed by atoms with Crippen LogP contribution < -0.4 is 0 Å². The Kier molecular flexibility index (Phi) is 5.78. The molecule has 3 heterocycles. The minimum atomic E-state index is 0.914. The third kappa shape index (κ3) is 3.97. The third-order valence-corrected chi connectivity index (χ3v) is 10.6. The molecule has 0 N–H and O–H groups in total. The molecular weight excluding hydrogens is 591 g/mol. The van der Waals surface area contributed by atoms with Crippen molar-refractivity contribution in [2.24, 2.45) is 0 Å². The highest BCUT2D eigenvalue weighted by atomic mass is 32.1. The minimum Gasteiger partial charge on any atom is -0.453 e. The lowest BCUT2D eigenvalue weighted by Gasteiger charge is -2.10. The number of thiophene rings is 1. The summed E-state index contributed by atoms with van der Waals surface area (Å²) < 4.78 is 11.8. The predicted molar refractivity (Wildman–Crippen MR) is 200 cm³/mol. The molecule has 0 aliphatic heterocycles. The van der Waals surface area contributed by atoms with Crippen molar-refractivity contribution in [2.75, 3.05) is 0 Å². The van der Waals surface area contributed by atoms with Gasteiger partial charge in [-0.25, -0.2) is 0 Å². The largest absolute Gasteiger partial charge is 0.453 e. The van der Waals surface area contributed by atoms with Gasteiger partial charge >= 0.3 is 0 Å². The maximum atomic E-state index is 6.85. The van der Waals surface area contributed by atoms with Crippen molar-refractivity contribution in [1.29, 1.82) is 0 Å². The zero-order valence-electron chi connectivity index (χ0n) is 25.4. The number of fused-ring (bicyclic) bond motifs is 8. The van der Waals surface area contributed by atoms with Crippen molar-refractivity contribution in [2.45, 2.75) is 0 Å². The number of hydrogen-bond donors (Lipinski definition) is 0. The molecule has 0 aliphatic rings. The molecule has 10 rings (SSSR count). The zero-order valence-corrected chi connectivity index (χ0v) is 26.2. The van der Waals surface area contributed by atoms with E-state index in [1.807, 2.05) is 11.3 Å². The molecule has 0 aliphatic carbocycles. The Balaban J connectivity index is 1.18. The average Bonchev–Trinajstić information content (AvgIpc) is 3.81. The van der Waals surface area contributed by atoms with E-state index in [4.69, 9.17) is 4.42 Å². The van der Waals surface area contributed by atoms with Crippen molar-refractivity contribution in [3.63, 3.8) is 0 Å². The van der Waals surface area contributed by atoms with Gasteiger partial charge in [0.25, 0.3) is 0 Å². The number of aromatic nitrogens is 1. The van der Waals surface area contributed by atoms with E-state index in [1.54, 1.807) is 0 Å². The first-order valence-electron chi connectivity index (χ1n) is 15.9. The normalized spacial score (nSPS) is 11.8. The van der Waals surface area contributed by atoms with Crippen LogP contribution in [0.4, 0.5) is 0 Å². The van der Waals surface area contributed by atoms with E-state index in [1.165, 1.54) is 42.4 Å². The van der Waals surface area contributed by atoms with Gasteiger partial charge in [0.05, 0.1) is 5.52 Å². The van der Waals surface area contributed by atoms with E-state index in [9.17, 15) is 0 Å². The number of hydrogen-bond acceptors (Lipinski definition) is 2. The summed E-state index contributed by atoms with van der Waals surface area (Å²) in [6.45, 7) is 0. The zero-order chi connectivity index (χ0) is 30.9. The van der Waals surface area contributed by atoms with Crippen LogP contribution in [0, 0.1) is 0 Å². The van der Waals surface area contributed by atoms with Gasteiger partial charge in [0, 0.05) is 42.2 Å². The van der Waals surface area contributed by atoms with Gasteiger partial charge in [-0.2, -0.15) is 0 Å². The Bertz CT molecular complexity index is 2780. The number of furan rings is 1. The van der Waals surface area contributed by atoms with E-state index >= 15 is 0 Å². The van der Waals surface area contributed by atoms with Crippen LogP contribution in [0.3, 0.4) is 0 Å². The van der Waals surface area contributed by atoms with Gasteiger partial charge in [0.2, 0.25) is 0 Å². The topological polar surface area (TPSA) is 18.1 Å². The van der Waals surface area contributed by atoms with Gasteiger partial charge in [-0.15, -0.1) is 11.3 Å². The Morgan fingerprint density at radius 2 is 1.06 bits per heavy atom. The average molecular weight is 618 g/mol. The summed E-state index contributed by atoms with van der Waals surface area (Å²) in [6.07, 6.45) is 0. The summed E-state index contributed by atoms with van der Waals surface area (Å²) in [5.74, 6) is 0. The van der Waals surface area contributed by atoms with Gasteiger partial charge in [-0.1, -0.05) is 121 Å². The van der Waals surface area contributed by atoms with Crippen molar-refractivity contribution >= 4 is 64.5 Å². The first-order valence-corrected chi connectivity index (χ1v) is 16.8. The second-order valence-corrected chi connectivity index (χ2v) is 13.1. The second kappa shape index (κ2) is 10.3. The van der Waals surface area contributed by atoms with Crippen LogP contribution in [0.5, 0.6) is 0 Å². The minimum absolute atomic E-state index is 0.914. The fourth-order valence-corrected chi connectivity index (χ4v) is 8.62. The SMILES string of the molecule is c1ccc(-c2cccc3c2sc2cccc(-c4cccc(-c5cccc6c5oc5c7ccccc7n(-c7ccccc7)c65)c4)c23)cc1. The van der Waals surface area contributed by atoms with E-state index in [2.05, 4.69) is 168 Å². The molecule has 0 bridgehead atoms. The number of nitrogens with zero attached hydrogens (tertiary/aromatic N) is 1. The molecule has 0 radical (unpaired) electrons. The Labute approximate surface area is 275 Å². The van der Waals surface area contributed by atoms with Gasteiger partial charge in [-0.3, -0.25) is 0 Å². The summed E-state index contributed by atoms with van der Waals surface area (Å²) in [7, 11) is 0. The highest BCUT2D eigenvalue weighted by Crippen LogP contribution is 2.45. The van der Waals surface area contributed by atoms with Crippen LogP contribution >= 0.6 is 11.3 Å². The van der Waals surface area contributed by atoms with Crippen molar-refractivity contribution < 1.29 is 4.42 Å². The summed E-state index contributed by atoms with van der Waals surface area (Å²) in [5, 5.41) is 4.85. The van der Waals surface area contributed by atoms with Crippen LogP contribution in [0.2, 0.25) is 0 Å². The number of para-hydroxylation sites is 3. The molecule has 3 heteroatoms. The van der Waals surface area contributed by atoms with Gasteiger partial charge in [0.15, 0.2) is 5.58 Å². The molecule has 7 aromatic carbocycles. The third-order valence-electron chi connectivity index (χ3n) is 9.41. The molecule has 2 nitrogen and oxygen atoms in total. The van der Waals surface area contributed by atoms with Crippen LogP contribution in [-0.2, 0) is 0 Å². The maximum Gasteiger partial charge on any atom is 0.161 e. The predicted octanol–water partition coefficient (Wildman–Crippen LogP) is 12.9. The molecule has 0 fully saturated rings. The lowest BCUT2D eigenvalue weighted by Crippen LogP contribution is -1.92. The van der Waals surface area contributed by atoms with Crippen LogP contribution in [0.25, 0.3) is 92.2 Å². The van der Waals surface area contributed by atoms with Gasteiger partial charge < -0.3 is 8.98 Å². The maximum absolute atomic E-state index is 6.85. The van der Waals surface area contributed by atoms with Crippen LogP contribution in [-0.4, -0.2) is 4.57 Å². The molecule has 0 spiro atoms. The molecule has 10 aromatic rings. The summed E-state index contributed by atoms with van der Waals surface area (Å²) in [4.78, 5) is 0. The Morgan fingerprint density at radius 3 is 1.91 bits per heavy atom. The van der Waals surface area contributed by atoms with E-state index in [-0.39, 0.29) is 0 Å². The van der Waals surface area contributed by atoms with Crippen LogP contribution in [0.1, 0.15) is 0 Å². The molecule has 0 saturated carbocycles. The lowest BCUT2D eigenvalue weighted by molar-refractivity contribution is 0.674. The second-order valence-electron chi connectivity index (χ2n) is 12.1. The first kappa shape index (κ1) is 26.3.